The maximum absolute atomic E-state index is 13.5. The highest BCUT2D eigenvalue weighted by atomic mass is 19.1. The molecule has 1 aromatic carbocycles. The van der Waals surface area contributed by atoms with Crippen LogP contribution in [0.15, 0.2) is 24.3 Å². The first kappa shape index (κ1) is 24.1. The highest BCUT2D eigenvalue weighted by molar-refractivity contribution is 5.16. The van der Waals surface area contributed by atoms with Crippen molar-refractivity contribution in [3.63, 3.8) is 0 Å². The topological polar surface area (TPSA) is 3.24 Å². The van der Waals surface area contributed by atoms with Crippen molar-refractivity contribution in [3.05, 3.63) is 35.6 Å². The summed E-state index contributed by atoms with van der Waals surface area (Å²) in [5.41, 5.74) is 1.11. The van der Waals surface area contributed by atoms with Gasteiger partial charge in [0.25, 0.3) is 0 Å². The van der Waals surface area contributed by atoms with Gasteiger partial charge in [0, 0.05) is 6.54 Å². The van der Waals surface area contributed by atoms with Gasteiger partial charge >= 0.3 is 0 Å². The molecule has 0 aliphatic rings. The molecule has 27 heavy (non-hydrogen) atoms. The van der Waals surface area contributed by atoms with Crippen molar-refractivity contribution in [2.24, 2.45) is 0 Å². The van der Waals surface area contributed by atoms with Crippen molar-refractivity contribution in [2.45, 2.75) is 110 Å². The average molecular weight is 378 g/mol. The van der Waals surface area contributed by atoms with E-state index in [-0.39, 0.29) is 5.82 Å². The fourth-order valence-electron chi connectivity index (χ4n) is 3.75. The van der Waals surface area contributed by atoms with E-state index in [2.05, 4.69) is 24.8 Å². The summed E-state index contributed by atoms with van der Waals surface area (Å²) >= 11 is 0. The predicted molar refractivity (Wildman–Crippen MR) is 118 cm³/mol. The zero-order chi connectivity index (χ0) is 19.6. The Hall–Kier alpha value is -0.890. The molecule has 0 aliphatic carbocycles. The van der Waals surface area contributed by atoms with Gasteiger partial charge in [-0.2, -0.15) is 0 Å². The molecule has 1 nitrogen and oxygen atoms in total. The summed E-state index contributed by atoms with van der Waals surface area (Å²) in [5, 5.41) is 0. The minimum absolute atomic E-state index is 0.112. The zero-order valence-corrected chi connectivity index (χ0v) is 18.2. The maximum atomic E-state index is 13.5. The molecule has 1 aromatic rings. The molecule has 0 radical (unpaired) electrons. The first-order valence-corrected chi connectivity index (χ1v) is 11.7. The largest absolute Gasteiger partial charge is 0.299 e. The van der Waals surface area contributed by atoms with Gasteiger partial charge in [0.2, 0.25) is 0 Å². The summed E-state index contributed by atoms with van der Waals surface area (Å²) in [6.07, 6.45) is 18.9. The first-order chi connectivity index (χ1) is 13.3. The lowest BCUT2D eigenvalue weighted by molar-refractivity contribution is 0.252. The fourth-order valence-corrected chi connectivity index (χ4v) is 3.75. The van der Waals surface area contributed by atoms with Gasteiger partial charge < -0.3 is 0 Å². The van der Waals surface area contributed by atoms with Crippen molar-refractivity contribution < 1.29 is 4.39 Å². The Labute approximate surface area is 168 Å². The lowest BCUT2D eigenvalue weighted by Gasteiger charge is -2.22. The molecule has 0 amide bonds. The Morgan fingerprint density at radius 1 is 0.667 bits per heavy atom. The third kappa shape index (κ3) is 13.9. The van der Waals surface area contributed by atoms with Crippen LogP contribution in [0.5, 0.6) is 0 Å². The summed E-state index contributed by atoms with van der Waals surface area (Å²) in [5.74, 6) is -0.112. The molecular weight excluding hydrogens is 333 g/mol. The van der Waals surface area contributed by atoms with Gasteiger partial charge in [-0.05, 0) is 43.6 Å². The minimum atomic E-state index is -0.112. The molecule has 1 rings (SSSR count). The summed E-state index contributed by atoms with van der Waals surface area (Å²) in [6, 6.07) is 7.14. The molecule has 0 unspecified atom stereocenters. The highest BCUT2D eigenvalue weighted by Gasteiger charge is 2.07. The lowest BCUT2D eigenvalue weighted by Crippen LogP contribution is -2.25. The van der Waals surface area contributed by atoms with Crippen LogP contribution in [0.25, 0.3) is 0 Å². The molecule has 0 heterocycles. The molecule has 0 fully saturated rings. The Morgan fingerprint density at radius 3 is 1.63 bits per heavy atom. The van der Waals surface area contributed by atoms with E-state index < -0.39 is 0 Å². The maximum Gasteiger partial charge on any atom is 0.123 e. The molecule has 0 aliphatic heterocycles. The molecule has 0 spiro atoms. The highest BCUT2D eigenvalue weighted by Crippen LogP contribution is 2.13. The van der Waals surface area contributed by atoms with Crippen molar-refractivity contribution in [1.82, 2.24) is 4.90 Å². The van der Waals surface area contributed by atoms with E-state index in [1.165, 1.54) is 89.9 Å². The predicted octanol–water partition coefficient (Wildman–Crippen LogP) is 8.13. The Morgan fingerprint density at radius 2 is 1.15 bits per heavy atom. The molecular formula is C25H44FN. The van der Waals surface area contributed by atoms with E-state index >= 15 is 0 Å². The van der Waals surface area contributed by atoms with Gasteiger partial charge in [-0.15, -0.1) is 0 Å². The number of benzene rings is 1. The Balaban J connectivity index is 2.28. The van der Waals surface area contributed by atoms with Crippen molar-refractivity contribution in [2.75, 3.05) is 13.1 Å². The fraction of sp³-hybridized carbons (Fsp3) is 0.760. The number of rotatable bonds is 18. The van der Waals surface area contributed by atoms with Crippen LogP contribution >= 0.6 is 0 Å². The molecule has 0 aromatic heterocycles. The second-order valence-electron chi connectivity index (χ2n) is 8.15. The average Bonchev–Trinajstić information content (AvgIpc) is 2.66. The summed E-state index contributed by atoms with van der Waals surface area (Å²) in [6.45, 7) is 7.74. The Kier molecular flexibility index (Phi) is 15.4. The number of nitrogens with zero attached hydrogens (tertiary/aromatic N) is 1. The van der Waals surface area contributed by atoms with Gasteiger partial charge in [-0.3, -0.25) is 4.90 Å². The monoisotopic (exact) mass is 377 g/mol. The minimum Gasteiger partial charge on any atom is -0.299 e. The van der Waals surface area contributed by atoms with Gasteiger partial charge in [0.05, 0.1) is 0 Å². The zero-order valence-electron chi connectivity index (χ0n) is 18.2. The first-order valence-electron chi connectivity index (χ1n) is 11.7. The quantitative estimate of drug-likeness (QED) is 0.233. The van der Waals surface area contributed by atoms with Crippen LogP contribution in [0.3, 0.4) is 0 Å². The van der Waals surface area contributed by atoms with Crippen LogP contribution < -0.4 is 0 Å². The standard InChI is InChI=1S/C25H44FN/c1-3-5-7-9-11-13-15-20-27(21-16-14-12-10-8-6-4-2)23-24-18-17-19-25(26)22-24/h17-19,22H,3-16,20-21,23H2,1-2H3. The third-order valence-corrected chi connectivity index (χ3v) is 5.45. The van der Waals surface area contributed by atoms with Gasteiger partial charge in [-0.1, -0.05) is 103 Å². The number of hydrogen-bond acceptors (Lipinski definition) is 1. The van der Waals surface area contributed by atoms with E-state index in [4.69, 9.17) is 0 Å². The van der Waals surface area contributed by atoms with Crippen LogP contribution in [-0.2, 0) is 6.54 Å². The Bertz CT molecular complexity index is 428. The number of unbranched alkanes of at least 4 members (excludes halogenated alkanes) is 12. The molecule has 0 bridgehead atoms. The smallest absolute Gasteiger partial charge is 0.123 e. The summed E-state index contributed by atoms with van der Waals surface area (Å²) in [4.78, 5) is 2.55. The van der Waals surface area contributed by atoms with Crippen LogP contribution in [0.1, 0.15) is 109 Å². The van der Waals surface area contributed by atoms with Crippen LogP contribution in [0, 0.1) is 5.82 Å². The second-order valence-corrected chi connectivity index (χ2v) is 8.15. The van der Waals surface area contributed by atoms with E-state index in [0.29, 0.717) is 0 Å². The van der Waals surface area contributed by atoms with Crippen LogP contribution in [0.2, 0.25) is 0 Å². The third-order valence-electron chi connectivity index (χ3n) is 5.45. The van der Waals surface area contributed by atoms with E-state index in [9.17, 15) is 4.39 Å². The van der Waals surface area contributed by atoms with Crippen molar-refractivity contribution >= 4 is 0 Å². The second kappa shape index (κ2) is 17.2. The van der Waals surface area contributed by atoms with Crippen LogP contribution in [0.4, 0.5) is 4.39 Å². The van der Waals surface area contributed by atoms with E-state index in [1.54, 1.807) is 12.1 Å². The lowest BCUT2D eigenvalue weighted by atomic mass is 10.1. The van der Waals surface area contributed by atoms with Gasteiger partial charge in [-0.25, -0.2) is 4.39 Å². The number of halogens is 1. The van der Waals surface area contributed by atoms with Gasteiger partial charge in [0.1, 0.15) is 5.82 Å². The van der Waals surface area contributed by atoms with E-state index in [1.807, 2.05) is 6.07 Å². The van der Waals surface area contributed by atoms with Crippen molar-refractivity contribution in [3.8, 4) is 0 Å². The summed E-state index contributed by atoms with van der Waals surface area (Å²) in [7, 11) is 0. The van der Waals surface area contributed by atoms with Crippen molar-refractivity contribution in [1.29, 1.82) is 0 Å². The molecule has 0 saturated carbocycles. The number of hydrogen-bond donors (Lipinski definition) is 0. The molecule has 2 heteroatoms. The SMILES string of the molecule is CCCCCCCCCN(CCCCCCCCC)Cc1cccc(F)c1. The van der Waals surface area contributed by atoms with E-state index in [0.717, 1.165) is 25.2 Å². The molecule has 0 N–H and O–H groups in total. The molecule has 0 atom stereocenters. The summed E-state index contributed by atoms with van der Waals surface area (Å²) < 4.78 is 13.5. The van der Waals surface area contributed by atoms with Gasteiger partial charge in [0.15, 0.2) is 0 Å². The normalized spacial score (nSPS) is 11.4. The molecule has 0 saturated heterocycles. The van der Waals surface area contributed by atoms with Crippen LogP contribution in [-0.4, -0.2) is 18.0 Å². The molecule has 156 valence electrons.